The molecular formula is C28H18N4O2. The number of aliphatic imine (C=N–C) groups is 2. The van der Waals surface area contributed by atoms with Crippen molar-refractivity contribution in [1.82, 2.24) is 0 Å². The number of fused-ring (bicyclic) bond motifs is 2. The van der Waals surface area contributed by atoms with Gasteiger partial charge in [0.25, 0.3) is 11.8 Å². The van der Waals surface area contributed by atoms with E-state index in [1.54, 1.807) is 0 Å². The lowest BCUT2D eigenvalue weighted by Crippen LogP contribution is -2.14. The Labute approximate surface area is 195 Å². The van der Waals surface area contributed by atoms with Crippen LogP contribution >= 0.6 is 0 Å². The number of hydrogen-bond donors (Lipinski definition) is 2. The molecule has 0 aromatic heterocycles. The van der Waals surface area contributed by atoms with Gasteiger partial charge in [0, 0.05) is 22.3 Å². The molecule has 34 heavy (non-hydrogen) atoms. The van der Waals surface area contributed by atoms with Gasteiger partial charge in [0.05, 0.1) is 22.7 Å². The summed E-state index contributed by atoms with van der Waals surface area (Å²) in [7, 11) is 0. The summed E-state index contributed by atoms with van der Waals surface area (Å²) >= 11 is 0. The normalized spacial score (nSPS) is 16.4. The van der Waals surface area contributed by atoms with Crippen LogP contribution in [-0.4, -0.2) is 23.2 Å². The maximum Gasteiger partial charge on any atom is 0.275 e. The maximum absolute atomic E-state index is 12.6. The first kappa shape index (κ1) is 19.8. The van der Waals surface area contributed by atoms with Gasteiger partial charge in [-0.1, -0.05) is 72.8 Å². The number of nitrogens with zero attached hydrogens (tertiary/aromatic N) is 2. The summed E-state index contributed by atoms with van der Waals surface area (Å²) in [5.74, 6) is -0.465. The third-order valence-corrected chi connectivity index (χ3v) is 5.85. The maximum atomic E-state index is 12.6. The summed E-state index contributed by atoms with van der Waals surface area (Å²) in [6.07, 6.45) is 0. The minimum absolute atomic E-state index is 0.233. The highest BCUT2D eigenvalue weighted by molar-refractivity contribution is 6.54. The Morgan fingerprint density at radius 3 is 1.24 bits per heavy atom. The summed E-state index contributed by atoms with van der Waals surface area (Å²) in [6, 6.07) is 30.2. The van der Waals surface area contributed by atoms with Crippen molar-refractivity contribution in [3.63, 3.8) is 0 Å². The van der Waals surface area contributed by atoms with Gasteiger partial charge >= 0.3 is 0 Å². The summed E-state index contributed by atoms with van der Waals surface area (Å²) in [6.45, 7) is 0. The van der Waals surface area contributed by atoms with Crippen LogP contribution in [0.1, 0.15) is 11.1 Å². The molecule has 4 aromatic carbocycles. The van der Waals surface area contributed by atoms with E-state index in [4.69, 9.17) is 9.98 Å². The molecule has 0 fully saturated rings. The first-order valence-corrected chi connectivity index (χ1v) is 10.9. The fourth-order valence-electron chi connectivity index (χ4n) is 4.27. The van der Waals surface area contributed by atoms with Gasteiger partial charge in [-0.25, -0.2) is 9.98 Å². The molecule has 0 spiro atoms. The lowest BCUT2D eigenvalue weighted by atomic mass is 10.0. The Morgan fingerprint density at radius 1 is 0.441 bits per heavy atom. The van der Waals surface area contributed by atoms with Crippen molar-refractivity contribution in [1.29, 1.82) is 0 Å². The molecular weight excluding hydrogens is 424 g/mol. The van der Waals surface area contributed by atoms with E-state index >= 15 is 0 Å². The van der Waals surface area contributed by atoms with E-state index in [-0.39, 0.29) is 11.8 Å². The minimum atomic E-state index is -0.233. The van der Waals surface area contributed by atoms with E-state index in [9.17, 15) is 9.59 Å². The third kappa shape index (κ3) is 3.29. The highest BCUT2D eigenvalue weighted by Gasteiger charge is 2.27. The first-order chi connectivity index (χ1) is 16.7. The Hall–Kier alpha value is -4.84. The average molecular weight is 442 g/mol. The van der Waals surface area contributed by atoms with Gasteiger partial charge in [-0.05, 0) is 24.3 Å². The fraction of sp³-hybridized carbons (Fsp3) is 0. The number of anilines is 2. The predicted molar refractivity (Wildman–Crippen MR) is 134 cm³/mol. The van der Waals surface area contributed by atoms with Crippen molar-refractivity contribution < 1.29 is 9.59 Å². The van der Waals surface area contributed by atoms with Crippen LogP contribution in [-0.2, 0) is 9.59 Å². The van der Waals surface area contributed by atoms with Gasteiger partial charge in [0.1, 0.15) is 11.4 Å². The molecule has 0 bridgehead atoms. The second-order valence-corrected chi connectivity index (χ2v) is 7.95. The number of hydrogen-bond acceptors (Lipinski definition) is 4. The molecule has 6 rings (SSSR count). The molecule has 6 nitrogen and oxygen atoms in total. The topological polar surface area (TPSA) is 82.9 Å². The smallest absolute Gasteiger partial charge is 0.275 e. The molecule has 0 aliphatic carbocycles. The van der Waals surface area contributed by atoms with Crippen LogP contribution in [0.25, 0.3) is 11.1 Å². The van der Waals surface area contributed by atoms with Crippen LogP contribution in [0.5, 0.6) is 0 Å². The highest BCUT2D eigenvalue weighted by Crippen LogP contribution is 2.38. The number of para-hydroxylation sites is 4. The van der Waals surface area contributed by atoms with Gasteiger partial charge in [0.15, 0.2) is 0 Å². The highest BCUT2D eigenvalue weighted by atomic mass is 16.2. The Kier molecular flexibility index (Phi) is 4.63. The second kappa shape index (κ2) is 7.94. The van der Waals surface area contributed by atoms with Crippen molar-refractivity contribution in [3.8, 4) is 11.1 Å². The van der Waals surface area contributed by atoms with Gasteiger partial charge in [0.2, 0.25) is 0 Å². The van der Waals surface area contributed by atoms with Crippen LogP contribution in [0.3, 0.4) is 0 Å². The lowest BCUT2D eigenvalue weighted by Gasteiger charge is -2.10. The van der Waals surface area contributed by atoms with Crippen LogP contribution in [0.4, 0.5) is 22.7 Å². The Morgan fingerprint density at radius 2 is 0.794 bits per heavy atom. The van der Waals surface area contributed by atoms with Gasteiger partial charge < -0.3 is 10.6 Å². The Bertz CT molecular complexity index is 1430. The molecule has 0 atom stereocenters. The molecule has 0 saturated heterocycles. The van der Waals surface area contributed by atoms with E-state index in [1.165, 1.54) is 0 Å². The molecule has 162 valence electrons. The fourth-order valence-corrected chi connectivity index (χ4v) is 4.27. The van der Waals surface area contributed by atoms with Crippen LogP contribution < -0.4 is 10.6 Å². The first-order valence-electron chi connectivity index (χ1n) is 10.9. The molecule has 4 aromatic rings. The van der Waals surface area contributed by atoms with Crippen LogP contribution in [0.2, 0.25) is 0 Å². The second-order valence-electron chi connectivity index (χ2n) is 7.95. The van der Waals surface area contributed by atoms with E-state index < -0.39 is 0 Å². The molecule has 0 unspecified atom stereocenters. The monoisotopic (exact) mass is 442 g/mol. The standard InChI is InChI=1S/C28H18N4O2/c33-27-25(19-11-3-7-15-23(19)31-27)29-21-13-5-1-9-17(21)18-10-2-6-14-22(18)30-26-20-12-4-8-16-24(20)32-28(26)34/h1-16H,(H,29,31,33)(H,30,32,34). The van der Waals surface area contributed by atoms with Crippen molar-refractivity contribution >= 4 is 46.0 Å². The largest absolute Gasteiger partial charge is 0.320 e. The summed E-state index contributed by atoms with van der Waals surface area (Å²) in [4.78, 5) is 34.8. The van der Waals surface area contributed by atoms with E-state index in [2.05, 4.69) is 10.6 Å². The molecule has 0 radical (unpaired) electrons. The zero-order chi connectivity index (χ0) is 23.1. The molecule has 2 aliphatic rings. The Balaban J connectivity index is 1.49. The number of nitrogens with one attached hydrogen (secondary N) is 2. The minimum Gasteiger partial charge on any atom is -0.320 e. The summed E-state index contributed by atoms with van der Waals surface area (Å²) in [5.41, 5.74) is 6.72. The number of carbonyl (C=O) groups is 2. The summed E-state index contributed by atoms with van der Waals surface area (Å²) in [5, 5.41) is 5.73. The quantitative estimate of drug-likeness (QED) is 0.439. The van der Waals surface area contributed by atoms with E-state index in [0.29, 0.717) is 22.8 Å². The molecule has 2 amide bonds. The molecule has 2 N–H and O–H groups in total. The molecule has 2 heterocycles. The van der Waals surface area contributed by atoms with Gasteiger partial charge in [-0.2, -0.15) is 0 Å². The number of amides is 2. The van der Waals surface area contributed by atoms with Crippen molar-refractivity contribution in [3.05, 3.63) is 108 Å². The molecule has 0 saturated carbocycles. The third-order valence-electron chi connectivity index (χ3n) is 5.85. The van der Waals surface area contributed by atoms with Gasteiger partial charge in [-0.15, -0.1) is 0 Å². The summed E-state index contributed by atoms with van der Waals surface area (Å²) < 4.78 is 0. The number of rotatable bonds is 3. The predicted octanol–water partition coefficient (Wildman–Crippen LogP) is 5.50. The number of benzene rings is 4. The molecule has 6 heteroatoms. The van der Waals surface area contributed by atoms with Crippen LogP contribution in [0.15, 0.2) is 107 Å². The average Bonchev–Trinajstić information content (AvgIpc) is 3.35. The SMILES string of the molecule is O=C1Nc2ccccc2C1=Nc1ccccc1-c1ccccc1N=C1C(=O)Nc2ccccc21. The zero-order valence-corrected chi connectivity index (χ0v) is 17.9. The van der Waals surface area contributed by atoms with E-state index in [1.807, 2.05) is 97.1 Å². The molecule has 2 aliphatic heterocycles. The number of carbonyl (C=O) groups excluding carboxylic acids is 2. The lowest BCUT2D eigenvalue weighted by molar-refractivity contribution is -0.110. The zero-order valence-electron chi connectivity index (χ0n) is 17.9. The van der Waals surface area contributed by atoms with Crippen molar-refractivity contribution in [2.24, 2.45) is 9.98 Å². The van der Waals surface area contributed by atoms with Crippen molar-refractivity contribution in [2.45, 2.75) is 0 Å². The van der Waals surface area contributed by atoms with Crippen LogP contribution in [0, 0.1) is 0 Å². The van der Waals surface area contributed by atoms with Gasteiger partial charge in [-0.3, -0.25) is 9.59 Å². The van der Waals surface area contributed by atoms with E-state index in [0.717, 1.165) is 33.6 Å². The van der Waals surface area contributed by atoms with Crippen molar-refractivity contribution in [2.75, 3.05) is 10.6 Å².